The van der Waals surface area contributed by atoms with Crippen LogP contribution in [0.4, 0.5) is 5.69 Å². The summed E-state index contributed by atoms with van der Waals surface area (Å²) in [5, 5.41) is 0. The molecule has 0 aromatic heterocycles. The highest BCUT2D eigenvalue weighted by Crippen LogP contribution is 2.28. The van der Waals surface area contributed by atoms with Crippen LogP contribution >= 0.6 is 31.9 Å². The van der Waals surface area contributed by atoms with Crippen LogP contribution in [0, 0.1) is 0 Å². The van der Waals surface area contributed by atoms with Gasteiger partial charge in [-0.05, 0) is 45.8 Å². The van der Waals surface area contributed by atoms with Crippen LogP contribution in [0.15, 0.2) is 56.3 Å². The molecule has 0 saturated carbocycles. The lowest BCUT2D eigenvalue weighted by Gasteiger charge is -2.12. The minimum atomic E-state index is -3.68. The Labute approximate surface area is 134 Å². The molecule has 0 spiro atoms. The summed E-state index contributed by atoms with van der Waals surface area (Å²) >= 11 is 6.63. The molecule has 0 aliphatic rings. The van der Waals surface area contributed by atoms with E-state index in [-0.39, 0.29) is 11.4 Å². The molecule has 0 heterocycles. The molecule has 7 heteroatoms. The maximum atomic E-state index is 12.4. The fraction of sp³-hybridized carbons (Fsp3) is 0.0769. The summed E-state index contributed by atoms with van der Waals surface area (Å²) in [4.78, 5) is 0.189. The van der Waals surface area contributed by atoms with E-state index in [1.807, 2.05) is 6.07 Å². The first kappa shape index (κ1) is 15.5. The van der Waals surface area contributed by atoms with E-state index in [1.165, 1.54) is 6.07 Å². The van der Waals surface area contributed by atoms with Crippen molar-refractivity contribution in [3.63, 3.8) is 0 Å². The maximum Gasteiger partial charge on any atom is 0.262 e. The smallest absolute Gasteiger partial charge is 0.262 e. The van der Waals surface area contributed by atoms with Gasteiger partial charge in [0.05, 0.1) is 10.6 Å². The van der Waals surface area contributed by atoms with Crippen molar-refractivity contribution in [3.8, 4) is 0 Å². The van der Waals surface area contributed by atoms with Gasteiger partial charge in [-0.25, -0.2) is 8.42 Å². The second-order valence-electron chi connectivity index (χ2n) is 4.04. The Hall–Kier alpha value is -0.890. The van der Waals surface area contributed by atoms with Gasteiger partial charge in [-0.2, -0.15) is 0 Å². The van der Waals surface area contributed by atoms with Gasteiger partial charge in [-0.15, -0.1) is 0 Å². The van der Waals surface area contributed by atoms with Gasteiger partial charge in [-0.1, -0.05) is 34.1 Å². The summed E-state index contributed by atoms with van der Waals surface area (Å²) in [6, 6.07) is 11.9. The fourth-order valence-electron chi connectivity index (χ4n) is 1.71. The molecule has 0 atom stereocenters. The topological polar surface area (TPSA) is 72.2 Å². The Morgan fingerprint density at radius 1 is 1.10 bits per heavy atom. The molecule has 2 aromatic rings. The van der Waals surface area contributed by atoms with Crippen LogP contribution in [0.2, 0.25) is 0 Å². The number of anilines is 1. The molecule has 0 unspecified atom stereocenters. The third kappa shape index (κ3) is 3.41. The Morgan fingerprint density at radius 2 is 1.80 bits per heavy atom. The normalized spacial score (nSPS) is 11.3. The minimum absolute atomic E-state index is 0.163. The molecule has 0 aliphatic heterocycles. The van der Waals surface area contributed by atoms with Crippen molar-refractivity contribution in [2.24, 2.45) is 5.73 Å². The fourth-order valence-corrected chi connectivity index (χ4v) is 3.87. The highest BCUT2D eigenvalue weighted by Gasteiger charge is 2.18. The van der Waals surface area contributed by atoms with E-state index < -0.39 is 10.0 Å². The maximum absolute atomic E-state index is 12.4. The number of nitrogens with one attached hydrogen (secondary N) is 1. The second kappa shape index (κ2) is 6.26. The Morgan fingerprint density at radius 3 is 2.50 bits per heavy atom. The molecule has 0 amide bonds. The Balaban J connectivity index is 2.43. The van der Waals surface area contributed by atoms with Crippen LogP contribution in [0.1, 0.15) is 5.56 Å². The van der Waals surface area contributed by atoms with Crippen LogP contribution in [0.3, 0.4) is 0 Å². The van der Waals surface area contributed by atoms with Crippen LogP contribution in [0.5, 0.6) is 0 Å². The van der Waals surface area contributed by atoms with Crippen molar-refractivity contribution in [1.29, 1.82) is 0 Å². The predicted octanol–water partition coefficient (Wildman–Crippen LogP) is 3.47. The minimum Gasteiger partial charge on any atom is -0.326 e. The zero-order chi connectivity index (χ0) is 14.8. The molecule has 2 aromatic carbocycles. The van der Waals surface area contributed by atoms with E-state index in [2.05, 4.69) is 36.6 Å². The lowest BCUT2D eigenvalue weighted by molar-refractivity contribution is 0.600. The van der Waals surface area contributed by atoms with Gasteiger partial charge >= 0.3 is 0 Å². The third-order valence-corrected chi connectivity index (χ3v) is 5.31. The van der Waals surface area contributed by atoms with Crippen LogP contribution in [0.25, 0.3) is 0 Å². The van der Waals surface area contributed by atoms with Gasteiger partial charge in [0.2, 0.25) is 0 Å². The molecular weight excluding hydrogens is 408 g/mol. The number of benzene rings is 2. The molecule has 0 saturated heterocycles. The van der Waals surface area contributed by atoms with E-state index in [0.29, 0.717) is 15.7 Å². The van der Waals surface area contributed by atoms with Crippen molar-refractivity contribution in [1.82, 2.24) is 0 Å². The quantitative estimate of drug-likeness (QED) is 0.796. The molecule has 0 fully saturated rings. The molecule has 3 N–H and O–H groups in total. The Bertz CT molecular complexity index is 733. The standard InChI is InChI=1S/C13H12Br2N2O2S/c14-10-5-6-11(15)12(7-10)17-20(18,19)13-4-2-1-3-9(13)8-16/h1-7,17H,8,16H2. The van der Waals surface area contributed by atoms with E-state index in [0.717, 1.165) is 4.47 Å². The molecule has 0 aliphatic carbocycles. The van der Waals surface area contributed by atoms with Crippen LogP contribution in [-0.4, -0.2) is 8.42 Å². The lowest BCUT2D eigenvalue weighted by atomic mass is 10.2. The number of rotatable bonds is 4. The number of nitrogens with two attached hydrogens (primary N) is 1. The summed E-state index contributed by atoms with van der Waals surface area (Å²) in [7, 11) is -3.68. The van der Waals surface area contributed by atoms with E-state index in [9.17, 15) is 8.42 Å². The molecule has 2 rings (SSSR count). The van der Waals surface area contributed by atoms with Crippen molar-refractivity contribution in [3.05, 3.63) is 57.0 Å². The Kier molecular flexibility index (Phi) is 4.85. The van der Waals surface area contributed by atoms with Crippen molar-refractivity contribution >= 4 is 47.6 Å². The van der Waals surface area contributed by atoms with Crippen molar-refractivity contribution in [2.75, 3.05) is 4.72 Å². The SMILES string of the molecule is NCc1ccccc1S(=O)(=O)Nc1cc(Br)ccc1Br. The largest absolute Gasteiger partial charge is 0.326 e. The van der Waals surface area contributed by atoms with E-state index >= 15 is 0 Å². The third-order valence-electron chi connectivity index (χ3n) is 2.65. The predicted molar refractivity (Wildman–Crippen MR) is 87.0 cm³/mol. The highest BCUT2D eigenvalue weighted by molar-refractivity contribution is 9.11. The van der Waals surface area contributed by atoms with Crippen LogP contribution in [-0.2, 0) is 16.6 Å². The highest BCUT2D eigenvalue weighted by atomic mass is 79.9. The molecule has 20 heavy (non-hydrogen) atoms. The first-order valence-electron chi connectivity index (χ1n) is 5.70. The van der Waals surface area contributed by atoms with Gasteiger partial charge in [0.15, 0.2) is 0 Å². The van der Waals surface area contributed by atoms with Gasteiger partial charge in [0.25, 0.3) is 10.0 Å². The number of hydrogen-bond donors (Lipinski definition) is 2. The summed E-state index contributed by atoms with van der Waals surface area (Å²) in [5.41, 5.74) is 6.62. The monoisotopic (exact) mass is 418 g/mol. The lowest BCUT2D eigenvalue weighted by Crippen LogP contribution is -2.16. The van der Waals surface area contributed by atoms with Crippen LogP contribution < -0.4 is 10.5 Å². The number of halogens is 2. The van der Waals surface area contributed by atoms with Gasteiger partial charge in [-0.3, -0.25) is 4.72 Å². The summed E-state index contributed by atoms with van der Waals surface area (Å²) in [5.74, 6) is 0. The second-order valence-corrected chi connectivity index (χ2v) is 7.46. The molecule has 0 bridgehead atoms. The zero-order valence-corrected chi connectivity index (χ0v) is 14.3. The van der Waals surface area contributed by atoms with Gasteiger partial charge in [0.1, 0.15) is 0 Å². The van der Waals surface area contributed by atoms with Crippen molar-refractivity contribution < 1.29 is 8.42 Å². The molecule has 0 radical (unpaired) electrons. The van der Waals surface area contributed by atoms with Gasteiger partial charge < -0.3 is 5.73 Å². The zero-order valence-electron chi connectivity index (χ0n) is 10.3. The molecule has 106 valence electrons. The van der Waals surface area contributed by atoms with E-state index in [4.69, 9.17) is 5.73 Å². The average Bonchev–Trinajstić information content (AvgIpc) is 2.42. The summed E-state index contributed by atoms with van der Waals surface area (Å²) in [6.07, 6.45) is 0. The average molecular weight is 420 g/mol. The summed E-state index contributed by atoms with van der Waals surface area (Å²) < 4.78 is 28.9. The van der Waals surface area contributed by atoms with Crippen molar-refractivity contribution in [2.45, 2.75) is 11.4 Å². The number of hydrogen-bond acceptors (Lipinski definition) is 3. The molecular formula is C13H12Br2N2O2S. The first-order valence-corrected chi connectivity index (χ1v) is 8.77. The van der Waals surface area contributed by atoms with E-state index in [1.54, 1.807) is 30.3 Å². The molecule has 4 nitrogen and oxygen atoms in total. The first-order chi connectivity index (χ1) is 9.44. The summed E-state index contributed by atoms with van der Waals surface area (Å²) in [6.45, 7) is 0.163. The van der Waals surface area contributed by atoms with Gasteiger partial charge in [0, 0.05) is 15.5 Å². The number of sulfonamides is 1.